The largest absolute Gasteiger partial charge is 0.491 e. The summed E-state index contributed by atoms with van der Waals surface area (Å²) in [6.07, 6.45) is 3.74. The molecule has 1 saturated heterocycles. The van der Waals surface area contributed by atoms with Gasteiger partial charge >= 0.3 is 5.97 Å². The van der Waals surface area contributed by atoms with Crippen LogP contribution in [0.15, 0.2) is 11.0 Å². The Morgan fingerprint density at radius 2 is 1.88 bits per heavy atom. The Labute approximate surface area is 138 Å². The van der Waals surface area contributed by atoms with Crippen LogP contribution in [-0.4, -0.2) is 47.6 Å². The third kappa shape index (κ3) is 1.50. The Morgan fingerprint density at radius 1 is 1.12 bits per heavy atom. The van der Waals surface area contributed by atoms with Gasteiger partial charge in [-0.1, -0.05) is 0 Å². The summed E-state index contributed by atoms with van der Waals surface area (Å²) in [6, 6.07) is 0.475. The van der Waals surface area contributed by atoms with Gasteiger partial charge in [0.1, 0.15) is 5.56 Å². The number of hydrogen-bond acceptors (Lipinski definition) is 5. The number of hydrogen-bond donors (Lipinski definition) is 0. The van der Waals surface area contributed by atoms with E-state index in [4.69, 9.17) is 9.47 Å². The Kier molecular flexibility index (Phi) is 2.58. The lowest BCUT2D eigenvalue weighted by atomic mass is 9.94. The van der Waals surface area contributed by atoms with Crippen molar-refractivity contribution in [2.75, 3.05) is 14.2 Å². The molecule has 0 aromatic carbocycles. The van der Waals surface area contributed by atoms with Crippen LogP contribution in [0.4, 0.5) is 0 Å². The van der Waals surface area contributed by atoms with E-state index < -0.39 is 11.4 Å². The number of methoxy groups -OCH3 is 2. The molecule has 24 heavy (non-hydrogen) atoms. The first-order valence-electron chi connectivity index (χ1n) is 8.29. The van der Waals surface area contributed by atoms with Crippen LogP contribution < -0.4 is 10.2 Å². The molecule has 7 nitrogen and oxygen atoms in total. The highest BCUT2D eigenvalue weighted by Gasteiger charge is 2.66. The Bertz CT molecular complexity index is 844. The summed E-state index contributed by atoms with van der Waals surface area (Å²) < 4.78 is 11.6. The minimum Gasteiger partial charge on any atom is -0.491 e. The zero-order valence-electron chi connectivity index (χ0n) is 13.5. The van der Waals surface area contributed by atoms with Crippen molar-refractivity contribution >= 4 is 11.9 Å². The molecule has 126 valence electrons. The average Bonchev–Trinajstić information content (AvgIpc) is 3.20. The molecule has 5 atom stereocenters. The van der Waals surface area contributed by atoms with Crippen LogP contribution in [0.25, 0.3) is 0 Å². The van der Waals surface area contributed by atoms with Gasteiger partial charge in [-0.3, -0.25) is 9.59 Å². The molecule has 1 aromatic rings. The van der Waals surface area contributed by atoms with Crippen molar-refractivity contribution < 1.29 is 19.1 Å². The predicted octanol–water partition coefficient (Wildman–Crippen LogP) is 0.506. The van der Waals surface area contributed by atoms with Gasteiger partial charge in [0.25, 0.3) is 5.91 Å². The van der Waals surface area contributed by atoms with E-state index in [2.05, 4.69) is 0 Å². The second kappa shape index (κ2) is 4.40. The molecule has 2 saturated carbocycles. The second-order valence-corrected chi connectivity index (χ2v) is 7.21. The zero-order chi connectivity index (χ0) is 16.7. The van der Waals surface area contributed by atoms with Crippen molar-refractivity contribution in [3.63, 3.8) is 0 Å². The maximum atomic E-state index is 13.1. The maximum absolute atomic E-state index is 13.1. The summed E-state index contributed by atoms with van der Waals surface area (Å²) in [5.74, 6) is 1.04. The number of carbonyl (C=O) groups excluding carboxylic acids is 2. The summed E-state index contributed by atoms with van der Waals surface area (Å²) in [6.45, 7) is 0.603. The fourth-order valence-electron chi connectivity index (χ4n) is 5.31. The lowest BCUT2D eigenvalue weighted by Gasteiger charge is -2.40. The number of esters is 1. The first-order chi connectivity index (χ1) is 11.6. The van der Waals surface area contributed by atoms with Gasteiger partial charge in [0.2, 0.25) is 5.43 Å². The summed E-state index contributed by atoms with van der Waals surface area (Å²) in [4.78, 5) is 39.5. The van der Waals surface area contributed by atoms with Crippen LogP contribution in [0.1, 0.15) is 33.7 Å². The van der Waals surface area contributed by atoms with Crippen LogP contribution >= 0.6 is 0 Å². The molecule has 1 aromatic heterocycles. The Balaban J connectivity index is 1.68. The summed E-state index contributed by atoms with van der Waals surface area (Å²) >= 11 is 0. The van der Waals surface area contributed by atoms with Gasteiger partial charge in [0.15, 0.2) is 11.4 Å². The van der Waals surface area contributed by atoms with E-state index in [0.29, 0.717) is 24.4 Å². The lowest BCUT2D eigenvalue weighted by molar-refractivity contribution is 0.0460. The first-order valence-corrected chi connectivity index (χ1v) is 8.29. The number of ether oxygens (including phenoxy) is 2. The van der Waals surface area contributed by atoms with E-state index in [9.17, 15) is 14.4 Å². The van der Waals surface area contributed by atoms with Crippen LogP contribution in [-0.2, 0) is 11.3 Å². The van der Waals surface area contributed by atoms with E-state index in [1.54, 1.807) is 4.57 Å². The number of rotatable bonds is 2. The van der Waals surface area contributed by atoms with Gasteiger partial charge in [0, 0.05) is 18.8 Å². The highest BCUT2D eigenvalue weighted by molar-refractivity contribution is 5.98. The molecule has 2 aliphatic heterocycles. The number of piperidine rings is 1. The van der Waals surface area contributed by atoms with Crippen molar-refractivity contribution in [1.82, 2.24) is 9.47 Å². The molecular weight excluding hydrogens is 312 g/mol. The number of aromatic nitrogens is 1. The van der Waals surface area contributed by atoms with E-state index in [1.807, 2.05) is 4.90 Å². The van der Waals surface area contributed by atoms with E-state index in [-0.39, 0.29) is 29.0 Å². The van der Waals surface area contributed by atoms with E-state index >= 15 is 0 Å². The topological polar surface area (TPSA) is 77.8 Å². The highest BCUT2D eigenvalue weighted by Crippen LogP contribution is 2.64. The molecule has 2 bridgehead atoms. The maximum Gasteiger partial charge on any atom is 0.343 e. The number of amides is 1. The standard InChI is InChI=1S/C17H18N2O5/c1-23-15-13-16(21)19-11-4-9(7-3-8(7)11)12(19)6-18(13)5-10(14(15)20)17(22)24-2/h5,7-9,11-12H,3-4,6H2,1-2H3. The number of pyridine rings is 1. The fourth-order valence-corrected chi connectivity index (χ4v) is 5.31. The second-order valence-electron chi connectivity index (χ2n) is 7.21. The van der Waals surface area contributed by atoms with Crippen molar-refractivity contribution in [2.45, 2.75) is 31.5 Å². The Hall–Kier alpha value is -2.31. The summed E-state index contributed by atoms with van der Waals surface area (Å²) in [5, 5.41) is 0. The minimum absolute atomic E-state index is 0.0588. The molecular formula is C17H18N2O5. The molecule has 0 N–H and O–H groups in total. The minimum atomic E-state index is -0.710. The first kappa shape index (κ1) is 14.1. The molecule has 7 heteroatoms. The number of nitrogens with zero attached hydrogens (tertiary/aromatic N) is 2. The zero-order valence-corrected chi connectivity index (χ0v) is 13.5. The molecule has 3 fully saturated rings. The van der Waals surface area contributed by atoms with Crippen molar-refractivity contribution in [3.05, 3.63) is 27.7 Å². The SMILES string of the molecule is COC(=O)c1cn2c(c(OC)c1=O)C(=O)N1C3CC(C4CC43)C1C2. The average molecular weight is 330 g/mol. The molecule has 0 spiro atoms. The molecule has 3 heterocycles. The monoisotopic (exact) mass is 330 g/mol. The molecule has 0 radical (unpaired) electrons. The van der Waals surface area contributed by atoms with Crippen molar-refractivity contribution in [1.29, 1.82) is 0 Å². The quantitative estimate of drug-likeness (QED) is 0.738. The van der Waals surface area contributed by atoms with E-state index in [0.717, 1.165) is 12.3 Å². The molecule has 1 amide bonds. The third-order valence-corrected chi connectivity index (χ3v) is 6.33. The van der Waals surface area contributed by atoms with Gasteiger partial charge in [-0.2, -0.15) is 0 Å². The van der Waals surface area contributed by atoms with Crippen molar-refractivity contribution in [3.8, 4) is 5.75 Å². The molecule has 5 unspecified atom stereocenters. The normalized spacial score (nSPS) is 34.5. The van der Waals surface area contributed by atoms with Crippen LogP contribution in [0.2, 0.25) is 0 Å². The van der Waals surface area contributed by atoms with Crippen LogP contribution in [0.5, 0.6) is 5.75 Å². The Morgan fingerprint density at radius 3 is 2.58 bits per heavy atom. The predicted molar refractivity (Wildman–Crippen MR) is 82.0 cm³/mol. The van der Waals surface area contributed by atoms with Gasteiger partial charge in [-0.25, -0.2) is 4.79 Å². The number of fused-ring (bicyclic) bond motifs is 9. The fraction of sp³-hybridized carbons (Fsp3) is 0.588. The molecule has 4 aliphatic rings. The third-order valence-electron chi connectivity index (χ3n) is 6.33. The van der Waals surface area contributed by atoms with Crippen molar-refractivity contribution in [2.24, 2.45) is 17.8 Å². The number of carbonyl (C=O) groups is 2. The van der Waals surface area contributed by atoms with Gasteiger partial charge in [-0.05, 0) is 30.6 Å². The van der Waals surface area contributed by atoms with Crippen LogP contribution in [0, 0.1) is 17.8 Å². The van der Waals surface area contributed by atoms with E-state index in [1.165, 1.54) is 26.8 Å². The van der Waals surface area contributed by atoms with Gasteiger partial charge in [-0.15, -0.1) is 0 Å². The van der Waals surface area contributed by atoms with Gasteiger partial charge < -0.3 is 18.9 Å². The van der Waals surface area contributed by atoms with Crippen LogP contribution in [0.3, 0.4) is 0 Å². The smallest absolute Gasteiger partial charge is 0.343 e. The highest BCUT2D eigenvalue weighted by atomic mass is 16.5. The molecule has 2 aliphatic carbocycles. The summed E-state index contributed by atoms with van der Waals surface area (Å²) in [7, 11) is 2.58. The lowest BCUT2D eigenvalue weighted by Crippen LogP contribution is -2.53. The molecule has 5 rings (SSSR count). The van der Waals surface area contributed by atoms with Gasteiger partial charge in [0.05, 0.1) is 20.3 Å². The summed E-state index contributed by atoms with van der Waals surface area (Å²) in [5.41, 5.74) is -0.418.